The number of hydrogen-bond acceptors (Lipinski definition) is 3. The minimum atomic E-state index is 0.568. The predicted molar refractivity (Wildman–Crippen MR) is 202 cm³/mol. The third-order valence-corrected chi connectivity index (χ3v) is 10.2. The van der Waals surface area contributed by atoms with E-state index in [0.29, 0.717) is 17.6 Å². The number of halogens is 3. The van der Waals surface area contributed by atoms with Crippen molar-refractivity contribution in [2.75, 3.05) is 0 Å². The Morgan fingerprint density at radius 3 is 1.32 bits per heavy atom. The lowest BCUT2D eigenvalue weighted by molar-refractivity contribution is 0.953. The Kier molecular flexibility index (Phi) is 6.85. The zero-order valence-electron chi connectivity index (χ0n) is 24.6. The Bertz CT molecular complexity index is 2580. The standard InChI is InChI=1S/C39H22Br3N5/c40-25-13-9-23(10-14-25)37-43-38(24-11-15-26(41)16-12-24)45-39(44-37)47-34-8-4-2-6-30(34)32-21-35-31(22-36(32)47)29-5-1-3-7-33(29)46(35)28-19-17-27(42)18-20-28/h1-22H. The van der Waals surface area contributed by atoms with Crippen molar-refractivity contribution in [3.63, 3.8) is 0 Å². The van der Waals surface area contributed by atoms with Crippen LogP contribution in [0.15, 0.2) is 147 Å². The fraction of sp³-hybridized carbons (Fsp3) is 0. The fourth-order valence-electron chi connectivity index (χ4n) is 6.44. The molecule has 0 N–H and O–H groups in total. The van der Waals surface area contributed by atoms with E-state index in [9.17, 15) is 0 Å². The molecular formula is C39H22Br3N5. The summed E-state index contributed by atoms with van der Waals surface area (Å²) in [5.74, 6) is 1.79. The van der Waals surface area contributed by atoms with E-state index in [4.69, 9.17) is 15.0 Å². The topological polar surface area (TPSA) is 48.5 Å². The highest BCUT2D eigenvalue weighted by Crippen LogP contribution is 2.39. The second kappa shape index (κ2) is 11.3. The third kappa shape index (κ3) is 4.82. The van der Waals surface area contributed by atoms with Crippen molar-refractivity contribution < 1.29 is 0 Å². The van der Waals surface area contributed by atoms with E-state index >= 15 is 0 Å². The predicted octanol–water partition coefficient (Wildman–Crippen LogP) is 11.7. The third-order valence-electron chi connectivity index (χ3n) is 8.58. The van der Waals surface area contributed by atoms with Crippen molar-refractivity contribution in [3.8, 4) is 34.4 Å². The van der Waals surface area contributed by atoms with Gasteiger partial charge in [0.1, 0.15) is 0 Å². The summed E-state index contributed by atoms with van der Waals surface area (Å²) in [6, 6.07) is 46.3. The van der Waals surface area contributed by atoms with Gasteiger partial charge in [-0.1, -0.05) is 108 Å². The number of nitrogens with zero attached hydrogens (tertiary/aromatic N) is 5. The Labute approximate surface area is 294 Å². The number of fused-ring (bicyclic) bond motifs is 6. The first-order valence-electron chi connectivity index (χ1n) is 15.0. The molecule has 3 aromatic heterocycles. The van der Waals surface area contributed by atoms with Gasteiger partial charge in [0.15, 0.2) is 11.6 Å². The van der Waals surface area contributed by atoms with E-state index < -0.39 is 0 Å². The zero-order valence-corrected chi connectivity index (χ0v) is 29.3. The van der Waals surface area contributed by atoms with Crippen molar-refractivity contribution in [1.29, 1.82) is 0 Å². The first kappa shape index (κ1) is 28.6. The van der Waals surface area contributed by atoms with Gasteiger partial charge in [-0.3, -0.25) is 4.57 Å². The molecule has 47 heavy (non-hydrogen) atoms. The average Bonchev–Trinajstić information content (AvgIpc) is 3.60. The Hall–Kier alpha value is -4.63. The van der Waals surface area contributed by atoms with Crippen molar-refractivity contribution >= 4 is 91.4 Å². The van der Waals surface area contributed by atoms with Gasteiger partial charge in [0.2, 0.25) is 5.95 Å². The van der Waals surface area contributed by atoms with Gasteiger partial charge >= 0.3 is 0 Å². The molecule has 0 spiro atoms. The van der Waals surface area contributed by atoms with E-state index in [1.165, 1.54) is 5.39 Å². The minimum absolute atomic E-state index is 0.568. The lowest BCUT2D eigenvalue weighted by Gasteiger charge is -2.11. The molecule has 9 aromatic rings. The summed E-state index contributed by atoms with van der Waals surface area (Å²) in [6.07, 6.45) is 0. The molecule has 0 aliphatic carbocycles. The monoisotopic (exact) mass is 797 g/mol. The maximum atomic E-state index is 5.13. The first-order chi connectivity index (χ1) is 23.0. The molecule has 0 aliphatic rings. The van der Waals surface area contributed by atoms with Gasteiger partial charge < -0.3 is 4.57 Å². The minimum Gasteiger partial charge on any atom is -0.309 e. The second-order valence-electron chi connectivity index (χ2n) is 11.4. The van der Waals surface area contributed by atoms with Crippen molar-refractivity contribution in [2.24, 2.45) is 0 Å². The van der Waals surface area contributed by atoms with Crippen LogP contribution in [0.5, 0.6) is 0 Å². The molecule has 6 aromatic carbocycles. The van der Waals surface area contributed by atoms with Crippen LogP contribution in [0.25, 0.3) is 78.0 Å². The van der Waals surface area contributed by atoms with Gasteiger partial charge in [-0.15, -0.1) is 0 Å². The fourth-order valence-corrected chi connectivity index (χ4v) is 7.23. The van der Waals surface area contributed by atoms with Crippen LogP contribution in [-0.4, -0.2) is 24.1 Å². The number of rotatable bonds is 4. The van der Waals surface area contributed by atoms with Crippen LogP contribution >= 0.6 is 47.8 Å². The summed E-state index contributed by atoms with van der Waals surface area (Å²) >= 11 is 10.7. The van der Waals surface area contributed by atoms with Gasteiger partial charge in [0.05, 0.1) is 22.1 Å². The lowest BCUT2D eigenvalue weighted by atomic mass is 10.1. The molecule has 5 nitrogen and oxygen atoms in total. The van der Waals surface area contributed by atoms with Crippen LogP contribution in [0.4, 0.5) is 0 Å². The van der Waals surface area contributed by atoms with Gasteiger partial charge in [0, 0.05) is 51.8 Å². The molecule has 3 heterocycles. The van der Waals surface area contributed by atoms with Crippen molar-refractivity contribution in [3.05, 3.63) is 147 Å². The largest absolute Gasteiger partial charge is 0.309 e. The van der Waals surface area contributed by atoms with Crippen LogP contribution in [0.2, 0.25) is 0 Å². The maximum absolute atomic E-state index is 5.13. The Morgan fingerprint density at radius 2 is 0.809 bits per heavy atom. The molecular weight excluding hydrogens is 778 g/mol. The number of hydrogen-bond donors (Lipinski definition) is 0. The summed E-state index contributed by atoms with van der Waals surface area (Å²) in [5.41, 5.74) is 7.30. The zero-order chi connectivity index (χ0) is 31.6. The van der Waals surface area contributed by atoms with Gasteiger partial charge in [0.25, 0.3) is 0 Å². The van der Waals surface area contributed by atoms with Gasteiger partial charge in [-0.25, -0.2) is 4.98 Å². The summed E-state index contributed by atoms with van der Waals surface area (Å²) in [7, 11) is 0. The number of aromatic nitrogens is 5. The normalized spacial score (nSPS) is 11.7. The molecule has 9 rings (SSSR count). The highest BCUT2D eigenvalue weighted by molar-refractivity contribution is 9.11. The summed E-state index contributed by atoms with van der Waals surface area (Å²) in [5, 5.41) is 4.61. The van der Waals surface area contributed by atoms with Crippen LogP contribution in [0, 0.1) is 0 Å². The van der Waals surface area contributed by atoms with Gasteiger partial charge in [-0.05, 0) is 72.8 Å². The number of benzene rings is 6. The molecule has 0 amide bonds. The molecule has 0 bridgehead atoms. The molecule has 224 valence electrons. The van der Waals surface area contributed by atoms with Crippen LogP contribution in [0.1, 0.15) is 0 Å². The molecule has 0 fully saturated rings. The molecule has 0 atom stereocenters. The molecule has 0 radical (unpaired) electrons. The van der Waals surface area contributed by atoms with Gasteiger partial charge in [-0.2, -0.15) is 9.97 Å². The smallest absolute Gasteiger partial charge is 0.238 e. The first-order valence-corrected chi connectivity index (χ1v) is 17.4. The Balaban J connectivity index is 1.37. The molecule has 8 heteroatoms. The van der Waals surface area contributed by atoms with Crippen molar-refractivity contribution in [2.45, 2.75) is 0 Å². The van der Waals surface area contributed by atoms with Crippen LogP contribution in [-0.2, 0) is 0 Å². The molecule has 0 unspecified atom stereocenters. The molecule has 0 aliphatic heterocycles. The van der Waals surface area contributed by atoms with E-state index in [1.807, 2.05) is 48.5 Å². The summed E-state index contributed by atoms with van der Waals surface area (Å²) in [4.78, 5) is 15.2. The highest BCUT2D eigenvalue weighted by Gasteiger charge is 2.21. The molecule has 0 saturated carbocycles. The van der Waals surface area contributed by atoms with E-state index in [0.717, 1.165) is 68.5 Å². The Morgan fingerprint density at radius 1 is 0.383 bits per heavy atom. The second-order valence-corrected chi connectivity index (χ2v) is 14.1. The van der Waals surface area contributed by atoms with E-state index in [1.54, 1.807) is 0 Å². The van der Waals surface area contributed by atoms with Crippen LogP contribution < -0.4 is 0 Å². The quantitative estimate of drug-likeness (QED) is 0.178. The van der Waals surface area contributed by atoms with E-state index in [-0.39, 0.29) is 0 Å². The average molecular weight is 800 g/mol. The highest BCUT2D eigenvalue weighted by atomic mass is 79.9. The van der Waals surface area contributed by atoms with Crippen molar-refractivity contribution in [1.82, 2.24) is 24.1 Å². The maximum Gasteiger partial charge on any atom is 0.238 e. The lowest BCUT2D eigenvalue weighted by Crippen LogP contribution is -2.06. The number of para-hydroxylation sites is 2. The van der Waals surface area contributed by atoms with E-state index in [2.05, 4.69) is 142 Å². The molecule has 0 saturated heterocycles. The summed E-state index contributed by atoms with van der Waals surface area (Å²) in [6.45, 7) is 0. The van der Waals surface area contributed by atoms with Crippen LogP contribution in [0.3, 0.4) is 0 Å². The summed E-state index contributed by atoms with van der Waals surface area (Å²) < 4.78 is 7.58. The SMILES string of the molecule is Brc1ccc(-c2nc(-c3ccc(Br)cc3)nc(-n3c4ccccc4c4cc5c(cc43)c3ccccc3n5-c3ccc(Br)cc3)n2)cc1.